The van der Waals surface area contributed by atoms with Crippen LogP contribution in [-0.4, -0.2) is 11.3 Å². The number of thioether (sulfide) groups is 1. The Morgan fingerprint density at radius 2 is 2.15 bits per heavy atom. The fourth-order valence-electron chi connectivity index (χ4n) is 2.79. The van der Waals surface area contributed by atoms with Crippen LogP contribution < -0.4 is 5.32 Å². The molecule has 2 rings (SSSR count). The zero-order valence-corrected chi connectivity index (χ0v) is 14.4. The van der Waals surface area contributed by atoms with Crippen molar-refractivity contribution >= 4 is 23.4 Å². The molecule has 2 atom stereocenters. The average Bonchev–Trinajstić information content (AvgIpc) is 2.38. The van der Waals surface area contributed by atoms with Crippen LogP contribution in [0.1, 0.15) is 52.0 Å². The van der Waals surface area contributed by atoms with Gasteiger partial charge in [-0.25, -0.2) is 0 Å². The van der Waals surface area contributed by atoms with Crippen molar-refractivity contribution in [1.82, 2.24) is 5.32 Å². The van der Waals surface area contributed by atoms with E-state index in [2.05, 4.69) is 38.2 Å². The third-order valence-corrected chi connectivity index (χ3v) is 5.70. The van der Waals surface area contributed by atoms with Crippen molar-refractivity contribution < 1.29 is 0 Å². The van der Waals surface area contributed by atoms with E-state index >= 15 is 0 Å². The van der Waals surface area contributed by atoms with Crippen LogP contribution in [0, 0.1) is 5.92 Å². The molecule has 0 saturated heterocycles. The molecule has 0 aliphatic heterocycles. The van der Waals surface area contributed by atoms with Crippen LogP contribution >= 0.6 is 23.4 Å². The zero-order chi connectivity index (χ0) is 14.5. The van der Waals surface area contributed by atoms with Gasteiger partial charge in [-0.2, -0.15) is 0 Å². The Labute approximate surface area is 132 Å². The number of hydrogen-bond donors (Lipinski definition) is 1. The molecule has 0 radical (unpaired) electrons. The summed E-state index contributed by atoms with van der Waals surface area (Å²) >= 11 is 8.44. The molecule has 1 aromatic rings. The minimum absolute atomic E-state index is 0.485. The summed E-state index contributed by atoms with van der Waals surface area (Å²) in [6, 6.07) is 6.80. The Morgan fingerprint density at radius 1 is 1.35 bits per heavy atom. The third kappa shape index (κ3) is 4.68. The van der Waals surface area contributed by atoms with E-state index < -0.39 is 0 Å². The molecule has 0 spiro atoms. The molecule has 0 amide bonds. The summed E-state index contributed by atoms with van der Waals surface area (Å²) in [7, 11) is 0. The van der Waals surface area contributed by atoms with Crippen molar-refractivity contribution in [3.63, 3.8) is 0 Å². The van der Waals surface area contributed by atoms with E-state index in [9.17, 15) is 0 Å². The van der Waals surface area contributed by atoms with Crippen LogP contribution in [0.4, 0.5) is 0 Å². The summed E-state index contributed by atoms with van der Waals surface area (Å²) in [4.78, 5) is 1.37. The zero-order valence-electron chi connectivity index (χ0n) is 12.8. The lowest BCUT2D eigenvalue weighted by Crippen LogP contribution is -2.22. The molecule has 3 heteroatoms. The van der Waals surface area contributed by atoms with E-state index in [1.807, 2.05) is 17.8 Å². The van der Waals surface area contributed by atoms with Gasteiger partial charge in [0.15, 0.2) is 0 Å². The molecular formula is C17H26ClNS. The number of rotatable bonds is 5. The number of benzene rings is 1. The maximum absolute atomic E-state index is 6.41. The molecule has 0 bridgehead atoms. The van der Waals surface area contributed by atoms with Gasteiger partial charge < -0.3 is 5.32 Å². The molecule has 1 aliphatic rings. The van der Waals surface area contributed by atoms with Crippen molar-refractivity contribution in [3.8, 4) is 0 Å². The quantitative estimate of drug-likeness (QED) is 0.769. The minimum Gasteiger partial charge on any atom is -0.310 e. The molecule has 1 fully saturated rings. The van der Waals surface area contributed by atoms with E-state index in [0.29, 0.717) is 6.04 Å². The number of halogens is 1. The first-order chi connectivity index (χ1) is 9.56. The molecule has 1 aromatic carbocycles. The lowest BCUT2D eigenvalue weighted by atomic mass is 9.91. The Kier molecular flexibility index (Phi) is 6.25. The first-order valence-electron chi connectivity index (χ1n) is 7.73. The summed E-state index contributed by atoms with van der Waals surface area (Å²) in [6.07, 6.45) is 5.46. The van der Waals surface area contributed by atoms with E-state index in [1.54, 1.807) is 0 Å². The van der Waals surface area contributed by atoms with Gasteiger partial charge in [0, 0.05) is 27.8 Å². The molecule has 112 valence electrons. The predicted octanol–water partition coefficient (Wildman–Crippen LogP) is 5.51. The Hall–Kier alpha value is -0.180. The number of hydrogen-bond acceptors (Lipinski definition) is 2. The van der Waals surface area contributed by atoms with Gasteiger partial charge >= 0.3 is 0 Å². The van der Waals surface area contributed by atoms with Crippen LogP contribution in [0.5, 0.6) is 0 Å². The highest BCUT2D eigenvalue weighted by atomic mass is 35.5. The summed E-state index contributed by atoms with van der Waals surface area (Å²) in [5.41, 5.74) is 1.27. The first-order valence-corrected chi connectivity index (χ1v) is 8.99. The predicted molar refractivity (Wildman–Crippen MR) is 90.7 cm³/mol. The highest BCUT2D eigenvalue weighted by molar-refractivity contribution is 8.00. The molecule has 1 nitrogen and oxygen atoms in total. The highest BCUT2D eigenvalue weighted by Gasteiger charge is 2.21. The Balaban J connectivity index is 2.07. The lowest BCUT2D eigenvalue weighted by molar-refractivity contribution is 0.394. The van der Waals surface area contributed by atoms with Crippen molar-refractivity contribution in [3.05, 3.63) is 28.8 Å². The third-order valence-electron chi connectivity index (χ3n) is 3.94. The van der Waals surface area contributed by atoms with Crippen LogP contribution in [0.3, 0.4) is 0 Å². The van der Waals surface area contributed by atoms with Crippen molar-refractivity contribution in [1.29, 1.82) is 0 Å². The summed E-state index contributed by atoms with van der Waals surface area (Å²) in [6.45, 7) is 7.59. The lowest BCUT2D eigenvalue weighted by Gasteiger charge is -2.27. The van der Waals surface area contributed by atoms with Crippen LogP contribution in [-0.2, 0) is 6.54 Å². The second-order valence-electron chi connectivity index (χ2n) is 6.26. The molecule has 0 aromatic heterocycles. The molecular weight excluding hydrogens is 286 g/mol. The van der Waals surface area contributed by atoms with Crippen LogP contribution in [0.2, 0.25) is 5.02 Å². The summed E-state index contributed by atoms with van der Waals surface area (Å²) < 4.78 is 0. The Morgan fingerprint density at radius 3 is 2.85 bits per heavy atom. The number of nitrogens with one attached hydrogen (secondary N) is 1. The van der Waals surface area contributed by atoms with Gasteiger partial charge in [0.2, 0.25) is 0 Å². The highest BCUT2D eigenvalue weighted by Crippen LogP contribution is 2.38. The topological polar surface area (TPSA) is 12.0 Å². The van der Waals surface area contributed by atoms with Crippen molar-refractivity contribution in [2.45, 2.75) is 69.2 Å². The molecule has 2 unspecified atom stereocenters. The maximum atomic E-state index is 6.41. The van der Waals surface area contributed by atoms with E-state index in [1.165, 1.54) is 36.1 Å². The van der Waals surface area contributed by atoms with Gasteiger partial charge in [0.05, 0.1) is 0 Å². The molecule has 1 saturated carbocycles. The van der Waals surface area contributed by atoms with E-state index in [-0.39, 0.29) is 0 Å². The molecule has 1 aliphatic carbocycles. The smallest absolute Gasteiger partial charge is 0.0462 e. The standard InChI is InChI=1S/C17H26ClNS/c1-12(2)19-11-15-16(18)8-5-9-17(15)20-14-7-4-6-13(3)10-14/h5,8-9,12-14,19H,4,6-7,10-11H2,1-3H3. The van der Waals surface area contributed by atoms with Gasteiger partial charge in [0.1, 0.15) is 0 Å². The largest absolute Gasteiger partial charge is 0.310 e. The van der Waals surface area contributed by atoms with Gasteiger partial charge in [-0.15, -0.1) is 11.8 Å². The van der Waals surface area contributed by atoms with Crippen molar-refractivity contribution in [2.75, 3.05) is 0 Å². The molecule has 0 heterocycles. The van der Waals surface area contributed by atoms with Gasteiger partial charge in [-0.3, -0.25) is 0 Å². The van der Waals surface area contributed by atoms with Gasteiger partial charge in [0.25, 0.3) is 0 Å². The fraction of sp³-hybridized carbons (Fsp3) is 0.647. The second-order valence-corrected chi connectivity index (χ2v) is 8.01. The van der Waals surface area contributed by atoms with Crippen LogP contribution in [0.25, 0.3) is 0 Å². The van der Waals surface area contributed by atoms with Crippen LogP contribution in [0.15, 0.2) is 23.1 Å². The van der Waals surface area contributed by atoms with Crippen molar-refractivity contribution in [2.24, 2.45) is 5.92 Å². The molecule has 20 heavy (non-hydrogen) atoms. The SMILES string of the molecule is CC1CCCC(Sc2cccc(Cl)c2CNC(C)C)C1. The normalized spacial score (nSPS) is 23.2. The fourth-order valence-corrected chi connectivity index (χ4v) is 4.64. The second kappa shape index (κ2) is 7.72. The maximum Gasteiger partial charge on any atom is 0.0462 e. The monoisotopic (exact) mass is 311 g/mol. The minimum atomic E-state index is 0.485. The van der Waals surface area contributed by atoms with E-state index in [4.69, 9.17) is 11.6 Å². The van der Waals surface area contributed by atoms with Gasteiger partial charge in [-0.05, 0) is 36.5 Å². The summed E-state index contributed by atoms with van der Waals surface area (Å²) in [5.74, 6) is 0.873. The summed E-state index contributed by atoms with van der Waals surface area (Å²) in [5, 5.41) is 5.15. The average molecular weight is 312 g/mol. The van der Waals surface area contributed by atoms with Gasteiger partial charge in [-0.1, -0.05) is 51.3 Å². The Bertz CT molecular complexity index is 433. The first kappa shape index (κ1) is 16.2. The molecule has 1 N–H and O–H groups in total. The van der Waals surface area contributed by atoms with E-state index in [0.717, 1.165) is 22.7 Å².